The predicted octanol–water partition coefficient (Wildman–Crippen LogP) is 2.42. The molecule has 0 aliphatic heterocycles. The fourth-order valence-corrected chi connectivity index (χ4v) is 2.01. The van der Waals surface area contributed by atoms with Gasteiger partial charge in [0.1, 0.15) is 0 Å². The summed E-state index contributed by atoms with van der Waals surface area (Å²) in [6.07, 6.45) is 2.59. The molecule has 0 radical (unpaired) electrons. The SMILES string of the molecule is COc1nc(NCC(N)CC(C)(C)C)ncc1Br. The lowest BCUT2D eigenvalue weighted by Crippen LogP contribution is -2.33. The number of hydrogen-bond acceptors (Lipinski definition) is 5. The van der Waals surface area contributed by atoms with Crippen LogP contribution in [0.15, 0.2) is 10.7 Å². The molecule has 1 atom stereocenters. The third-order valence-electron chi connectivity index (χ3n) is 2.30. The van der Waals surface area contributed by atoms with Gasteiger partial charge in [0.15, 0.2) is 0 Å². The molecule has 3 N–H and O–H groups in total. The standard InChI is InChI=1S/C12H21BrN4O/c1-12(2,3)5-8(14)6-15-11-16-7-9(13)10(17-11)18-4/h7-8H,5-6,14H2,1-4H3,(H,15,16,17). The Morgan fingerprint density at radius 2 is 2.17 bits per heavy atom. The van der Waals surface area contributed by atoms with E-state index in [4.69, 9.17) is 10.5 Å². The normalized spacial score (nSPS) is 13.2. The summed E-state index contributed by atoms with van der Waals surface area (Å²) in [5.41, 5.74) is 6.27. The lowest BCUT2D eigenvalue weighted by atomic mass is 9.88. The molecule has 1 aromatic heterocycles. The fraction of sp³-hybridized carbons (Fsp3) is 0.667. The summed E-state index contributed by atoms with van der Waals surface area (Å²) in [5, 5.41) is 3.12. The van der Waals surface area contributed by atoms with E-state index >= 15 is 0 Å². The number of hydrogen-bond donors (Lipinski definition) is 2. The van der Waals surface area contributed by atoms with Gasteiger partial charge >= 0.3 is 0 Å². The zero-order valence-corrected chi connectivity index (χ0v) is 12.9. The molecule has 0 amide bonds. The third-order valence-corrected chi connectivity index (χ3v) is 2.85. The number of nitrogens with two attached hydrogens (primary N) is 1. The summed E-state index contributed by atoms with van der Waals surface area (Å²) in [6.45, 7) is 7.16. The molecule has 0 aliphatic carbocycles. The smallest absolute Gasteiger partial charge is 0.232 e. The Kier molecular flexibility index (Phi) is 5.34. The van der Waals surface area contributed by atoms with Gasteiger partial charge in [-0.2, -0.15) is 4.98 Å². The van der Waals surface area contributed by atoms with Crippen LogP contribution >= 0.6 is 15.9 Å². The van der Waals surface area contributed by atoms with Crippen molar-refractivity contribution in [3.63, 3.8) is 0 Å². The van der Waals surface area contributed by atoms with Crippen LogP contribution in [0.5, 0.6) is 5.88 Å². The Morgan fingerprint density at radius 3 is 2.72 bits per heavy atom. The molecule has 0 fully saturated rings. The number of anilines is 1. The lowest BCUT2D eigenvalue weighted by molar-refractivity contribution is 0.344. The molecule has 6 heteroatoms. The van der Waals surface area contributed by atoms with E-state index in [2.05, 4.69) is 52.0 Å². The van der Waals surface area contributed by atoms with Crippen LogP contribution in [0, 0.1) is 5.41 Å². The Balaban J connectivity index is 2.53. The van der Waals surface area contributed by atoms with Gasteiger partial charge in [0.05, 0.1) is 17.8 Å². The largest absolute Gasteiger partial charge is 0.480 e. The molecule has 1 aromatic rings. The first-order valence-electron chi connectivity index (χ1n) is 5.88. The number of ether oxygens (including phenoxy) is 1. The van der Waals surface area contributed by atoms with Crippen LogP contribution in [0.1, 0.15) is 27.2 Å². The summed E-state index contributed by atoms with van der Waals surface area (Å²) in [4.78, 5) is 8.36. The first-order chi connectivity index (χ1) is 8.31. The molecule has 0 aliphatic rings. The molecule has 1 unspecified atom stereocenters. The van der Waals surface area contributed by atoms with Crippen LogP contribution in [0.3, 0.4) is 0 Å². The van der Waals surface area contributed by atoms with Crippen LogP contribution in [0.25, 0.3) is 0 Å². The molecular formula is C12H21BrN4O. The monoisotopic (exact) mass is 316 g/mol. The summed E-state index contributed by atoms with van der Waals surface area (Å²) in [6, 6.07) is 0.0724. The topological polar surface area (TPSA) is 73.1 Å². The molecule has 0 bridgehead atoms. The van der Waals surface area contributed by atoms with Gasteiger partial charge in [-0.3, -0.25) is 0 Å². The van der Waals surface area contributed by atoms with E-state index in [-0.39, 0.29) is 11.5 Å². The minimum atomic E-state index is 0.0724. The Bertz CT molecular complexity index is 392. The molecule has 102 valence electrons. The summed E-state index contributed by atoms with van der Waals surface area (Å²) in [5.74, 6) is 1.04. The fourth-order valence-electron chi connectivity index (χ4n) is 1.66. The van der Waals surface area contributed by atoms with Crippen molar-refractivity contribution in [3.05, 3.63) is 10.7 Å². The van der Waals surface area contributed by atoms with Gasteiger partial charge < -0.3 is 15.8 Å². The second-order valence-electron chi connectivity index (χ2n) is 5.46. The zero-order chi connectivity index (χ0) is 13.8. The van der Waals surface area contributed by atoms with Gasteiger partial charge in [0.2, 0.25) is 11.8 Å². The molecule has 0 spiro atoms. The van der Waals surface area contributed by atoms with Crippen molar-refractivity contribution in [1.82, 2.24) is 9.97 Å². The van der Waals surface area contributed by atoms with Crippen LogP contribution < -0.4 is 15.8 Å². The highest BCUT2D eigenvalue weighted by atomic mass is 79.9. The first-order valence-corrected chi connectivity index (χ1v) is 6.67. The summed E-state index contributed by atoms with van der Waals surface area (Å²) < 4.78 is 5.83. The number of aromatic nitrogens is 2. The van der Waals surface area contributed by atoms with Crippen LogP contribution in [0.4, 0.5) is 5.95 Å². The highest BCUT2D eigenvalue weighted by Gasteiger charge is 2.15. The first kappa shape index (κ1) is 15.2. The quantitative estimate of drug-likeness (QED) is 0.872. The average molecular weight is 317 g/mol. The zero-order valence-electron chi connectivity index (χ0n) is 11.3. The van der Waals surface area contributed by atoms with Gasteiger partial charge in [-0.05, 0) is 27.8 Å². The number of nitrogens with zero attached hydrogens (tertiary/aromatic N) is 2. The summed E-state index contributed by atoms with van der Waals surface area (Å²) >= 11 is 3.31. The van der Waals surface area contributed by atoms with Crippen LogP contribution in [-0.2, 0) is 0 Å². The molecule has 0 aromatic carbocycles. The van der Waals surface area contributed by atoms with Gasteiger partial charge in [0.25, 0.3) is 0 Å². The highest BCUT2D eigenvalue weighted by molar-refractivity contribution is 9.10. The molecular weight excluding hydrogens is 296 g/mol. The maximum Gasteiger partial charge on any atom is 0.232 e. The van der Waals surface area contributed by atoms with Crippen molar-refractivity contribution in [3.8, 4) is 5.88 Å². The maximum atomic E-state index is 6.05. The van der Waals surface area contributed by atoms with E-state index in [1.54, 1.807) is 13.3 Å². The Hall–Kier alpha value is -0.880. The molecule has 1 rings (SSSR count). The van der Waals surface area contributed by atoms with Crippen molar-refractivity contribution in [2.75, 3.05) is 19.0 Å². The second kappa shape index (κ2) is 6.33. The van der Waals surface area contributed by atoms with Crippen molar-refractivity contribution in [2.45, 2.75) is 33.2 Å². The molecule has 0 saturated carbocycles. The maximum absolute atomic E-state index is 6.05. The van der Waals surface area contributed by atoms with Crippen LogP contribution in [0.2, 0.25) is 0 Å². The lowest BCUT2D eigenvalue weighted by Gasteiger charge is -2.23. The Morgan fingerprint density at radius 1 is 1.50 bits per heavy atom. The van der Waals surface area contributed by atoms with Crippen molar-refractivity contribution >= 4 is 21.9 Å². The third kappa shape index (κ3) is 5.18. The number of nitrogens with one attached hydrogen (secondary N) is 1. The van der Waals surface area contributed by atoms with Gasteiger partial charge in [-0.15, -0.1) is 0 Å². The molecule has 18 heavy (non-hydrogen) atoms. The minimum Gasteiger partial charge on any atom is -0.480 e. The average Bonchev–Trinajstić information content (AvgIpc) is 2.25. The molecule has 5 nitrogen and oxygen atoms in total. The van der Waals surface area contributed by atoms with E-state index in [0.29, 0.717) is 18.4 Å². The Labute approximate surface area is 117 Å². The van der Waals surface area contributed by atoms with Gasteiger partial charge in [-0.1, -0.05) is 20.8 Å². The highest BCUT2D eigenvalue weighted by Crippen LogP contribution is 2.22. The number of methoxy groups -OCH3 is 1. The van der Waals surface area contributed by atoms with E-state index in [0.717, 1.165) is 10.9 Å². The minimum absolute atomic E-state index is 0.0724. The number of rotatable bonds is 5. The summed E-state index contributed by atoms with van der Waals surface area (Å²) in [7, 11) is 1.57. The van der Waals surface area contributed by atoms with Crippen molar-refractivity contribution in [2.24, 2.45) is 11.1 Å². The van der Waals surface area contributed by atoms with Crippen molar-refractivity contribution in [1.29, 1.82) is 0 Å². The van der Waals surface area contributed by atoms with E-state index in [1.165, 1.54) is 0 Å². The van der Waals surface area contributed by atoms with Crippen LogP contribution in [-0.4, -0.2) is 29.7 Å². The van der Waals surface area contributed by atoms with Gasteiger partial charge in [0, 0.05) is 12.6 Å². The van der Waals surface area contributed by atoms with E-state index in [1.807, 2.05) is 0 Å². The van der Waals surface area contributed by atoms with E-state index < -0.39 is 0 Å². The van der Waals surface area contributed by atoms with E-state index in [9.17, 15) is 0 Å². The second-order valence-corrected chi connectivity index (χ2v) is 6.31. The van der Waals surface area contributed by atoms with Gasteiger partial charge in [-0.25, -0.2) is 4.98 Å². The number of halogens is 1. The molecule has 1 heterocycles. The predicted molar refractivity (Wildman–Crippen MR) is 76.8 cm³/mol. The van der Waals surface area contributed by atoms with Crippen molar-refractivity contribution < 1.29 is 4.74 Å². The molecule has 0 saturated heterocycles.